The molecular formula is C24H19N7O5S. The van der Waals surface area contributed by atoms with Gasteiger partial charge in [-0.3, -0.25) is 29.6 Å². The van der Waals surface area contributed by atoms with E-state index in [1.54, 1.807) is 35.8 Å². The van der Waals surface area contributed by atoms with Crippen LogP contribution >= 0.6 is 11.8 Å². The van der Waals surface area contributed by atoms with Gasteiger partial charge in [0.25, 0.3) is 17.3 Å². The Hall–Kier alpha value is -4.91. The lowest BCUT2D eigenvalue weighted by Crippen LogP contribution is -2.21. The van der Waals surface area contributed by atoms with Crippen LogP contribution in [0.25, 0.3) is 17.1 Å². The molecule has 0 fully saturated rings. The highest BCUT2D eigenvalue weighted by molar-refractivity contribution is 7.99. The molecule has 12 nitrogen and oxygen atoms in total. The lowest BCUT2D eigenvalue weighted by atomic mass is 10.1. The largest absolute Gasteiger partial charge is 0.272 e. The Bertz CT molecular complexity index is 1490. The number of nitro benzene ring substituents is 2. The highest BCUT2D eigenvalue weighted by atomic mass is 32.2. The van der Waals surface area contributed by atoms with E-state index in [2.05, 4.69) is 20.7 Å². The second-order valence-electron chi connectivity index (χ2n) is 7.61. The van der Waals surface area contributed by atoms with Crippen molar-refractivity contribution in [2.75, 3.05) is 5.75 Å². The summed E-state index contributed by atoms with van der Waals surface area (Å²) in [5.74, 6) is -0.0349. The number of aromatic nitrogens is 3. The van der Waals surface area contributed by atoms with E-state index in [1.807, 2.05) is 30.3 Å². The molecule has 0 saturated heterocycles. The molecule has 37 heavy (non-hydrogen) atoms. The number of hydrogen-bond donors (Lipinski definition) is 1. The van der Waals surface area contributed by atoms with Crippen LogP contribution in [-0.2, 0) is 4.79 Å². The van der Waals surface area contributed by atoms with Gasteiger partial charge in [-0.15, -0.1) is 10.2 Å². The first-order valence-corrected chi connectivity index (χ1v) is 11.8. The number of carbonyl (C=O) groups excluding carboxylic acids is 1. The molecule has 0 radical (unpaired) electrons. The molecule has 186 valence electrons. The Morgan fingerprint density at radius 3 is 2.32 bits per heavy atom. The third-order valence-electron chi connectivity index (χ3n) is 5.14. The van der Waals surface area contributed by atoms with E-state index < -0.39 is 15.8 Å². The van der Waals surface area contributed by atoms with Crippen molar-refractivity contribution in [3.63, 3.8) is 0 Å². The molecule has 1 amide bonds. The van der Waals surface area contributed by atoms with Gasteiger partial charge in [-0.2, -0.15) is 5.10 Å². The van der Waals surface area contributed by atoms with Crippen LogP contribution in [0.1, 0.15) is 12.5 Å². The monoisotopic (exact) mass is 517 g/mol. The summed E-state index contributed by atoms with van der Waals surface area (Å²) in [4.78, 5) is 33.5. The Kier molecular flexibility index (Phi) is 7.64. The molecule has 1 N–H and O–H groups in total. The molecule has 3 aromatic carbocycles. The second kappa shape index (κ2) is 11.2. The average molecular weight is 518 g/mol. The summed E-state index contributed by atoms with van der Waals surface area (Å²) in [6.07, 6.45) is 0. The zero-order valence-corrected chi connectivity index (χ0v) is 20.2. The van der Waals surface area contributed by atoms with Crippen molar-refractivity contribution in [2.24, 2.45) is 5.10 Å². The van der Waals surface area contributed by atoms with Gasteiger partial charge in [0.2, 0.25) is 0 Å². The zero-order valence-electron chi connectivity index (χ0n) is 19.3. The molecule has 4 aromatic rings. The highest BCUT2D eigenvalue weighted by Gasteiger charge is 2.19. The SMILES string of the molecule is C/C(=N/NC(=O)CSc1nnc(-c2cccc([N+](=O)[O-])c2)n1-c1ccccc1)c1ccc([N+](=O)[O-])cc1. The first-order valence-electron chi connectivity index (χ1n) is 10.8. The van der Waals surface area contributed by atoms with Gasteiger partial charge in [0, 0.05) is 35.5 Å². The maximum Gasteiger partial charge on any atom is 0.270 e. The predicted octanol–water partition coefficient (Wildman–Crippen LogP) is 4.38. The van der Waals surface area contributed by atoms with Gasteiger partial charge in [0.05, 0.1) is 21.3 Å². The van der Waals surface area contributed by atoms with Crippen molar-refractivity contribution in [1.82, 2.24) is 20.2 Å². The van der Waals surface area contributed by atoms with Gasteiger partial charge in [-0.25, -0.2) is 5.43 Å². The topological polar surface area (TPSA) is 158 Å². The summed E-state index contributed by atoms with van der Waals surface area (Å²) in [7, 11) is 0. The number of nitro groups is 2. The summed E-state index contributed by atoms with van der Waals surface area (Å²) in [5, 5.41) is 35.0. The number of rotatable bonds is 9. The number of nitrogens with one attached hydrogen (secondary N) is 1. The van der Waals surface area contributed by atoms with E-state index in [0.29, 0.717) is 27.8 Å². The molecule has 0 aliphatic carbocycles. The Labute approximate surface area is 214 Å². The number of amides is 1. The van der Waals surface area contributed by atoms with E-state index >= 15 is 0 Å². The maximum absolute atomic E-state index is 12.5. The van der Waals surface area contributed by atoms with Gasteiger partial charge in [-0.1, -0.05) is 42.1 Å². The fourth-order valence-electron chi connectivity index (χ4n) is 3.32. The van der Waals surface area contributed by atoms with E-state index in [-0.39, 0.29) is 17.1 Å². The fraction of sp³-hybridized carbons (Fsp3) is 0.0833. The molecular weight excluding hydrogens is 498 g/mol. The van der Waals surface area contributed by atoms with E-state index in [0.717, 1.165) is 17.4 Å². The quantitative estimate of drug-likeness (QED) is 0.148. The molecule has 0 aliphatic rings. The van der Waals surface area contributed by atoms with Gasteiger partial charge in [0.1, 0.15) is 0 Å². The zero-order chi connectivity index (χ0) is 26.4. The first-order chi connectivity index (χ1) is 17.8. The van der Waals surface area contributed by atoms with E-state index in [1.165, 1.54) is 24.3 Å². The fourth-order valence-corrected chi connectivity index (χ4v) is 4.06. The minimum absolute atomic E-state index is 0.0308. The molecule has 1 aromatic heterocycles. The molecule has 4 rings (SSSR count). The summed E-state index contributed by atoms with van der Waals surface area (Å²) >= 11 is 1.13. The number of hydrazone groups is 1. The van der Waals surface area contributed by atoms with Crippen LogP contribution in [0, 0.1) is 20.2 Å². The number of thioether (sulfide) groups is 1. The number of para-hydroxylation sites is 1. The van der Waals surface area contributed by atoms with Gasteiger partial charge >= 0.3 is 0 Å². The van der Waals surface area contributed by atoms with Gasteiger partial charge in [0.15, 0.2) is 11.0 Å². The average Bonchev–Trinajstić information content (AvgIpc) is 3.35. The molecule has 0 saturated carbocycles. The van der Waals surface area contributed by atoms with E-state index in [9.17, 15) is 25.0 Å². The third-order valence-corrected chi connectivity index (χ3v) is 6.07. The third kappa shape index (κ3) is 6.02. The second-order valence-corrected chi connectivity index (χ2v) is 8.55. The van der Waals surface area contributed by atoms with Crippen LogP contribution in [0.4, 0.5) is 11.4 Å². The number of nitrogens with zero attached hydrogens (tertiary/aromatic N) is 6. The van der Waals surface area contributed by atoms with Crippen molar-refractivity contribution in [3.8, 4) is 17.1 Å². The van der Waals surface area contributed by atoms with E-state index in [4.69, 9.17) is 0 Å². The van der Waals surface area contributed by atoms with Crippen LogP contribution in [0.15, 0.2) is 89.1 Å². The molecule has 0 atom stereocenters. The Morgan fingerprint density at radius 2 is 1.65 bits per heavy atom. The number of carbonyl (C=O) groups is 1. The minimum atomic E-state index is -0.492. The molecule has 0 spiro atoms. The summed E-state index contributed by atoms with van der Waals surface area (Å²) < 4.78 is 1.72. The summed E-state index contributed by atoms with van der Waals surface area (Å²) in [6.45, 7) is 1.67. The Balaban J connectivity index is 1.51. The van der Waals surface area contributed by atoms with Crippen molar-refractivity contribution >= 4 is 34.8 Å². The lowest BCUT2D eigenvalue weighted by molar-refractivity contribution is -0.385. The lowest BCUT2D eigenvalue weighted by Gasteiger charge is -2.10. The normalized spacial score (nSPS) is 11.2. The van der Waals surface area contributed by atoms with Gasteiger partial charge < -0.3 is 0 Å². The van der Waals surface area contributed by atoms with Crippen molar-refractivity contribution in [1.29, 1.82) is 0 Å². The van der Waals surface area contributed by atoms with Gasteiger partial charge in [-0.05, 0) is 36.8 Å². The smallest absolute Gasteiger partial charge is 0.270 e. The standard InChI is InChI=1S/C24H19N7O5S/c1-16(17-10-12-20(13-11-17)30(33)34)25-26-22(32)15-37-24-28-27-23(29(24)19-7-3-2-4-8-19)18-6-5-9-21(14-18)31(35)36/h2-14H,15H2,1H3,(H,26,32)/b25-16-. The van der Waals surface area contributed by atoms with Crippen molar-refractivity contribution < 1.29 is 14.6 Å². The summed E-state index contributed by atoms with van der Waals surface area (Å²) in [6, 6.07) is 21.1. The van der Waals surface area contributed by atoms with Crippen LogP contribution in [-0.4, -0.2) is 42.0 Å². The predicted molar refractivity (Wildman–Crippen MR) is 138 cm³/mol. The molecule has 0 unspecified atom stereocenters. The number of hydrogen-bond acceptors (Lipinski definition) is 9. The van der Waals surface area contributed by atoms with Crippen LogP contribution < -0.4 is 5.43 Å². The minimum Gasteiger partial charge on any atom is -0.272 e. The Morgan fingerprint density at radius 1 is 0.946 bits per heavy atom. The van der Waals surface area contributed by atoms with Crippen LogP contribution in [0.5, 0.6) is 0 Å². The molecule has 0 bridgehead atoms. The first kappa shape index (κ1) is 25.2. The van der Waals surface area contributed by atoms with Crippen molar-refractivity contribution in [3.05, 3.63) is 105 Å². The molecule has 13 heteroatoms. The number of non-ortho nitro benzene ring substituents is 2. The molecule has 0 aliphatic heterocycles. The summed E-state index contributed by atoms with van der Waals surface area (Å²) in [5.41, 5.74) is 4.70. The maximum atomic E-state index is 12.5. The number of benzene rings is 3. The van der Waals surface area contributed by atoms with Crippen LogP contribution in [0.3, 0.4) is 0 Å². The van der Waals surface area contributed by atoms with Crippen LogP contribution in [0.2, 0.25) is 0 Å². The highest BCUT2D eigenvalue weighted by Crippen LogP contribution is 2.29. The van der Waals surface area contributed by atoms with Crippen molar-refractivity contribution in [2.45, 2.75) is 12.1 Å². The molecule has 1 heterocycles.